The molecule has 1 unspecified atom stereocenters. The number of benzene rings is 2. The van der Waals surface area contributed by atoms with Crippen LogP contribution in [0, 0.1) is 5.92 Å². The van der Waals surface area contributed by atoms with E-state index < -0.39 is 10.0 Å². The lowest BCUT2D eigenvalue weighted by molar-refractivity contribution is -0.118. The Morgan fingerprint density at radius 3 is 2.44 bits per heavy atom. The molecule has 172 valence electrons. The number of sulfonamides is 1. The lowest BCUT2D eigenvalue weighted by atomic mass is 9.98. The van der Waals surface area contributed by atoms with Gasteiger partial charge in [0, 0.05) is 43.5 Å². The van der Waals surface area contributed by atoms with Gasteiger partial charge >= 0.3 is 0 Å². The zero-order valence-corrected chi connectivity index (χ0v) is 20.0. The summed E-state index contributed by atoms with van der Waals surface area (Å²) in [4.78, 5) is 16.5. The minimum absolute atomic E-state index is 0.0635. The van der Waals surface area contributed by atoms with Gasteiger partial charge in [-0.3, -0.25) is 4.79 Å². The summed E-state index contributed by atoms with van der Waals surface area (Å²) in [6, 6.07) is 12.9. The summed E-state index contributed by atoms with van der Waals surface area (Å²) in [6.07, 6.45) is 3.54. The molecule has 1 saturated heterocycles. The van der Waals surface area contributed by atoms with Crippen LogP contribution in [-0.4, -0.2) is 34.0 Å². The maximum atomic E-state index is 13.0. The first kappa shape index (κ1) is 22.8. The van der Waals surface area contributed by atoms with Gasteiger partial charge in [0.2, 0.25) is 15.9 Å². The highest BCUT2D eigenvalue weighted by atomic mass is 32.2. The van der Waals surface area contributed by atoms with Crippen LogP contribution in [0.15, 0.2) is 47.4 Å². The van der Waals surface area contributed by atoms with Gasteiger partial charge in [0.1, 0.15) is 0 Å². The Bertz CT molecular complexity index is 1070. The Labute approximate surface area is 191 Å². The van der Waals surface area contributed by atoms with Crippen molar-refractivity contribution in [2.75, 3.05) is 29.4 Å². The number of fused-ring (bicyclic) bond motifs is 1. The first-order valence-electron chi connectivity index (χ1n) is 11.6. The number of rotatable bonds is 6. The zero-order chi connectivity index (χ0) is 22.9. The molecule has 2 heterocycles. The maximum Gasteiger partial charge on any atom is 0.241 e. The third-order valence-electron chi connectivity index (χ3n) is 6.73. The van der Waals surface area contributed by atoms with E-state index in [0.29, 0.717) is 19.4 Å². The fourth-order valence-corrected chi connectivity index (χ4v) is 5.89. The highest BCUT2D eigenvalue weighted by Gasteiger charge is 2.26. The summed E-state index contributed by atoms with van der Waals surface area (Å²) < 4.78 is 28.9. The van der Waals surface area contributed by atoms with Gasteiger partial charge < -0.3 is 9.80 Å². The van der Waals surface area contributed by atoms with Crippen LogP contribution in [0.4, 0.5) is 11.4 Å². The molecule has 2 aliphatic rings. The highest BCUT2D eigenvalue weighted by Crippen LogP contribution is 2.31. The fraction of sp³-hybridized carbons (Fsp3) is 0.480. The second-order valence-electron chi connectivity index (χ2n) is 9.04. The van der Waals surface area contributed by atoms with Gasteiger partial charge in [0.15, 0.2) is 0 Å². The van der Waals surface area contributed by atoms with Crippen LogP contribution >= 0.6 is 0 Å². The number of nitrogens with one attached hydrogen (secondary N) is 1. The van der Waals surface area contributed by atoms with Crippen molar-refractivity contribution in [3.05, 3.63) is 53.6 Å². The first-order valence-corrected chi connectivity index (χ1v) is 13.1. The van der Waals surface area contributed by atoms with E-state index in [1.54, 1.807) is 23.1 Å². The van der Waals surface area contributed by atoms with E-state index in [-0.39, 0.29) is 16.8 Å². The Morgan fingerprint density at radius 2 is 1.78 bits per heavy atom. The first-order chi connectivity index (χ1) is 15.3. The Morgan fingerprint density at radius 1 is 1.09 bits per heavy atom. The monoisotopic (exact) mass is 455 g/mol. The van der Waals surface area contributed by atoms with Crippen LogP contribution in [0.5, 0.6) is 0 Å². The number of carbonyl (C=O) groups is 1. The quantitative estimate of drug-likeness (QED) is 0.707. The van der Waals surface area contributed by atoms with Gasteiger partial charge in [-0.1, -0.05) is 26.0 Å². The van der Waals surface area contributed by atoms with E-state index >= 15 is 0 Å². The van der Waals surface area contributed by atoms with Gasteiger partial charge in [-0.25, -0.2) is 13.1 Å². The maximum absolute atomic E-state index is 13.0. The van der Waals surface area contributed by atoms with Crippen LogP contribution in [-0.2, 0) is 21.2 Å². The number of hydrogen-bond acceptors (Lipinski definition) is 4. The van der Waals surface area contributed by atoms with Crippen molar-refractivity contribution in [3.63, 3.8) is 0 Å². The predicted molar refractivity (Wildman–Crippen MR) is 129 cm³/mol. The second-order valence-corrected chi connectivity index (χ2v) is 10.8. The van der Waals surface area contributed by atoms with Crippen molar-refractivity contribution in [2.24, 2.45) is 5.92 Å². The molecule has 0 spiro atoms. The minimum atomic E-state index is -3.67. The second kappa shape index (κ2) is 9.24. The number of piperidine rings is 1. The molecule has 2 aliphatic heterocycles. The van der Waals surface area contributed by atoms with Crippen molar-refractivity contribution in [1.29, 1.82) is 0 Å². The van der Waals surface area contributed by atoms with Crippen molar-refractivity contribution in [2.45, 2.75) is 57.4 Å². The van der Waals surface area contributed by atoms with Gasteiger partial charge in [-0.05, 0) is 73.6 Å². The smallest absolute Gasteiger partial charge is 0.241 e. The summed E-state index contributed by atoms with van der Waals surface area (Å²) in [5.74, 6) is 0.850. The molecule has 2 aromatic carbocycles. The summed E-state index contributed by atoms with van der Waals surface area (Å²) in [7, 11) is -3.67. The van der Waals surface area contributed by atoms with Crippen LogP contribution in [0.2, 0.25) is 0 Å². The molecule has 1 fully saturated rings. The van der Waals surface area contributed by atoms with Gasteiger partial charge in [-0.15, -0.1) is 0 Å². The number of nitrogens with zero attached hydrogens (tertiary/aromatic N) is 2. The summed E-state index contributed by atoms with van der Waals surface area (Å²) in [6.45, 7) is 8.76. The van der Waals surface area contributed by atoms with Gasteiger partial charge in [0.25, 0.3) is 0 Å². The number of carbonyl (C=O) groups excluding carboxylic acids is 1. The molecular weight excluding hydrogens is 422 g/mol. The standard InChI is InChI=1S/C25H33N3O3S/c1-4-25(29)28-16-13-21-17-23(9-10-24(21)28)32(30,31)26-19(3)20-5-7-22(8-6-20)27-14-11-18(2)12-15-27/h5-10,17-19,26H,4,11-16H2,1-3H3. The van der Waals surface area contributed by atoms with Crippen LogP contribution < -0.4 is 14.5 Å². The Hall–Kier alpha value is -2.38. The Kier molecular flexibility index (Phi) is 6.58. The molecule has 0 aliphatic carbocycles. The fourth-order valence-electron chi connectivity index (χ4n) is 4.60. The number of hydrogen-bond donors (Lipinski definition) is 1. The Balaban J connectivity index is 1.45. The molecule has 2 aromatic rings. The molecule has 0 bridgehead atoms. The molecule has 32 heavy (non-hydrogen) atoms. The van der Waals surface area contributed by atoms with E-state index in [0.717, 1.165) is 35.8 Å². The molecule has 0 aromatic heterocycles. The topological polar surface area (TPSA) is 69.7 Å². The minimum Gasteiger partial charge on any atom is -0.372 e. The van der Waals surface area contributed by atoms with E-state index in [9.17, 15) is 13.2 Å². The lowest BCUT2D eigenvalue weighted by Gasteiger charge is -2.32. The molecule has 0 saturated carbocycles. The molecule has 0 radical (unpaired) electrons. The summed E-state index contributed by atoms with van der Waals surface area (Å²) in [5, 5.41) is 0. The van der Waals surface area contributed by atoms with E-state index in [2.05, 4.69) is 28.7 Å². The summed E-state index contributed by atoms with van der Waals surface area (Å²) in [5.41, 5.74) is 3.86. The normalized spacial score (nSPS) is 18.0. The molecule has 1 amide bonds. The third kappa shape index (κ3) is 4.69. The van der Waals surface area contributed by atoms with Crippen molar-refractivity contribution < 1.29 is 13.2 Å². The molecular formula is C25H33N3O3S. The molecule has 7 heteroatoms. The molecule has 4 rings (SSSR count). The van der Waals surface area contributed by atoms with Crippen LogP contribution in [0.3, 0.4) is 0 Å². The average molecular weight is 456 g/mol. The lowest BCUT2D eigenvalue weighted by Crippen LogP contribution is -2.32. The molecule has 1 atom stereocenters. The van der Waals surface area contributed by atoms with E-state index in [1.807, 2.05) is 26.0 Å². The average Bonchev–Trinajstić information content (AvgIpc) is 3.22. The van der Waals surface area contributed by atoms with Crippen LogP contribution in [0.25, 0.3) is 0 Å². The van der Waals surface area contributed by atoms with Crippen LogP contribution in [0.1, 0.15) is 57.2 Å². The predicted octanol–water partition coefficient (Wildman–Crippen LogP) is 4.26. The molecule has 1 N–H and O–H groups in total. The number of amides is 1. The highest BCUT2D eigenvalue weighted by molar-refractivity contribution is 7.89. The van der Waals surface area contributed by atoms with Gasteiger partial charge in [0.05, 0.1) is 4.90 Å². The zero-order valence-electron chi connectivity index (χ0n) is 19.2. The SMILES string of the molecule is CCC(=O)N1CCc2cc(S(=O)(=O)NC(C)c3ccc(N4CCC(C)CC4)cc3)ccc21. The number of anilines is 2. The van der Waals surface area contributed by atoms with Crippen molar-refractivity contribution in [3.8, 4) is 0 Å². The van der Waals surface area contributed by atoms with E-state index in [4.69, 9.17) is 0 Å². The third-order valence-corrected chi connectivity index (χ3v) is 8.27. The largest absolute Gasteiger partial charge is 0.372 e. The van der Waals surface area contributed by atoms with Gasteiger partial charge in [-0.2, -0.15) is 0 Å². The van der Waals surface area contributed by atoms with E-state index in [1.165, 1.54) is 18.5 Å². The van der Waals surface area contributed by atoms with Crippen molar-refractivity contribution >= 4 is 27.3 Å². The molecule has 6 nitrogen and oxygen atoms in total. The van der Waals surface area contributed by atoms with Crippen molar-refractivity contribution in [1.82, 2.24) is 4.72 Å². The summed E-state index contributed by atoms with van der Waals surface area (Å²) >= 11 is 0.